The highest BCUT2D eigenvalue weighted by Crippen LogP contribution is 2.10. The number of primary amides is 1. The molecule has 10 heteroatoms. The summed E-state index contributed by atoms with van der Waals surface area (Å²) in [6, 6.07) is 0.176. The Bertz CT molecular complexity index is 429. The molecule has 1 aromatic heterocycles. The molecule has 0 fully saturated rings. The average molecular weight is 285 g/mol. The number of rotatable bonds is 10. The quantitative estimate of drug-likeness (QED) is 0.237. The first-order valence-electron chi connectivity index (χ1n) is 6.11. The van der Waals surface area contributed by atoms with Crippen LogP contribution in [0, 0.1) is 0 Å². The van der Waals surface area contributed by atoms with Crippen LogP contribution in [0.15, 0.2) is 0 Å². The van der Waals surface area contributed by atoms with E-state index < -0.39 is 5.91 Å². The number of ether oxygens (including phenoxy) is 2. The summed E-state index contributed by atoms with van der Waals surface area (Å²) < 4.78 is 10.3. The normalized spacial score (nSPS) is 10.1. The summed E-state index contributed by atoms with van der Waals surface area (Å²) in [5.74, 6) is 5.23. The van der Waals surface area contributed by atoms with Crippen LogP contribution in [0.1, 0.15) is 13.3 Å². The van der Waals surface area contributed by atoms with Gasteiger partial charge in [0.2, 0.25) is 17.8 Å². The predicted molar refractivity (Wildman–Crippen MR) is 71.9 cm³/mol. The van der Waals surface area contributed by atoms with E-state index in [9.17, 15) is 4.79 Å². The number of aromatic nitrogens is 3. The van der Waals surface area contributed by atoms with Crippen molar-refractivity contribution in [1.82, 2.24) is 15.0 Å². The first kappa shape index (κ1) is 15.9. The van der Waals surface area contributed by atoms with Crippen molar-refractivity contribution in [3.63, 3.8) is 0 Å². The third-order valence-electron chi connectivity index (χ3n) is 1.95. The van der Waals surface area contributed by atoms with Crippen LogP contribution in [-0.2, 0) is 9.53 Å². The van der Waals surface area contributed by atoms with Gasteiger partial charge in [0.15, 0.2) is 0 Å². The van der Waals surface area contributed by atoms with Crippen molar-refractivity contribution in [2.24, 2.45) is 11.6 Å². The molecule has 1 aromatic rings. The van der Waals surface area contributed by atoms with E-state index in [2.05, 4.69) is 25.7 Å². The Hall–Kier alpha value is -2.20. The molecule has 0 spiro atoms. The summed E-state index contributed by atoms with van der Waals surface area (Å²) in [6.07, 6.45) is 0.834. The van der Waals surface area contributed by atoms with Crippen molar-refractivity contribution >= 4 is 17.8 Å². The molecule has 0 atom stereocenters. The second-order valence-corrected chi connectivity index (χ2v) is 3.70. The van der Waals surface area contributed by atoms with Gasteiger partial charge in [-0.1, -0.05) is 6.92 Å². The molecule has 10 nitrogen and oxygen atoms in total. The van der Waals surface area contributed by atoms with E-state index in [0.717, 1.165) is 6.42 Å². The Morgan fingerprint density at radius 1 is 1.25 bits per heavy atom. The maximum atomic E-state index is 10.5. The molecule has 0 aliphatic heterocycles. The lowest BCUT2D eigenvalue weighted by Crippen LogP contribution is -2.21. The number of hydrogen-bond acceptors (Lipinski definition) is 9. The Labute approximate surface area is 116 Å². The molecule has 0 unspecified atom stereocenters. The maximum absolute atomic E-state index is 10.5. The van der Waals surface area contributed by atoms with Crippen LogP contribution in [0.5, 0.6) is 6.01 Å². The number of hydrazine groups is 1. The standard InChI is InChI=1S/C10H19N7O3/c1-2-4-20-10-15-8(14-9(16-10)17-12)13-3-5-19-6-7(11)18/h2-6,12H2,1H3,(H2,11,18)(H2,13,14,15,16,17). The lowest BCUT2D eigenvalue weighted by atomic mass is 10.5. The van der Waals surface area contributed by atoms with Crippen molar-refractivity contribution in [1.29, 1.82) is 0 Å². The van der Waals surface area contributed by atoms with E-state index in [4.69, 9.17) is 21.1 Å². The lowest BCUT2D eigenvalue weighted by molar-refractivity contribution is -0.122. The SMILES string of the molecule is CCCOc1nc(NN)nc(NCCOCC(N)=O)n1. The Morgan fingerprint density at radius 3 is 2.65 bits per heavy atom. The van der Waals surface area contributed by atoms with Crippen molar-refractivity contribution in [2.75, 3.05) is 37.1 Å². The number of carbonyl (C=O) groups excluding carboxylic acids is 1. The number of nitrogens with one attached hydrogen (secondary N) is 2. The van der Waals surface area contributed by atoms with E-state index in [-0.39, 0.29) is 25.2 Å². The number of nitrogens with two attached hydrogens (primary N) is 2. The summed E-state index contributed by atoms with van der Waals surface area (Å²) in [5, 5.41) is 2.90. The number of amides is 1. The smallest absolute Gasteiger partial charge is 0.323 e. The van der Waals surface area contributed by atoms with E-state index >= 15 is 0 Å². The Morgan fingerprint density at radius 2 is 2.00 bits per heavy atom. The van der Waals surface area contributed by atoms with E-state index in [1.165, 1.54) is 0 Å². The van der Waals surface area contributed by atoms with Crippen LogP contribution in [0.3, 0.4) is 0 Å². The highest BCUT2D eigenvalue weighted by molar-refractivity contribution is 5.74. The largest absolute Gasteiger partial charge is 0.463 e. The minimum Gasteiger partial charge on any atom is -0.463 e. The van der Waals surface area contributed by atoms with Gasteiger partial charge in [-0.05, 0) is 6.42 Å². The van der Waals surface area contributed by atoms with Crippen LogP contribution in [-0.4, -0.2) is 47.2 Å². The van der Waals surface area contributed by atoms with Gasteiger partial charge < -0.3 is 20.5 Å². The van der Waals surface area contributed by atoms with Gasteiger partial charge in [0.25, 0.3) is 0 Å². The molecular formula is C10H19N7O3. The highest BCUT2D eigenvalue weighted by Gasteiger charge is 2.06. The van der Waals surface area contributed by atoms with Gasteiger partial charge in [0, 0.05) is 6.54 Å². The highest BCUT2D eigenvalue weighted by atomic mass is 16.5. The third kappa shape index (κ3) is 6.11. The molecule has 20 heavy (non-hydrogen) atoms. The van der Waals surface area contributed by atoms with Crippen molar-refractivity contribution < 1.29 is 14.3 Å². The van der Waals surface area contributed by atoms with Gasteiger partial charge in [-0.25, -0.2) is 5.84 Å². The Kier molecular flexibility index (Phi) is 7.00. The fraction of sp³-hybridized carbons (Fsp3) is 0.600. The molecule has 0 saturated carbocycles. The van der Waals surface area contributed by atoms with Gasteiger partial charge in [0.05, 0.1) is 13.2 Å². The summed E-state index contributed by atoms with van der Waals surface area (Å²) in [5.41, 5.74) is 7.26. The molecule has 1 amide bonds. The van der Waals surface area contributed by atoms with Crippen LogP contribution in [0.4, 0.5) is 11.9 Å². The first-order valence-corrected chi connectivity index (χ1v) is 6.11. The molecule has 0 aromatic carbocycles. The van der Waals surface area contributed by atoms with Gasteiger partial charge in [-0.15, -0.1) is 0 Å². The maximum Gasteiger partial charge on any atom is 0.323 e. The molecule has 6 N–H and O–H groups in total. The average Bonchev–Trinajstić information content (AvgIpc) is 2.44. The van der Waals surface area contributed by atoms with Gasteiger partial charge in [0.1, 0.15) is 6.61 Å². The summed E-state index contributed by atoms with van der Waals surface area (Å²) in [7, 11) is 0. The van der Waals surface area contributed by atoms with E-state index in [1.54, 1.807) is 0 Å². The minimum atomic E-state index is -0.518. The summed E-state index contributed by atoms with van der Waals surface area (Å²) in [4.78, 5) is 22.5. The number of nitrogens with zero attached hydrogens (tertiary/aromatic N) is 3. The zero-order valence-corrected chi connectivity index (χ0v) is 11.3. The Balaban J connectivity index is 2.48. The van der Waals surface area contributed by atoms with Crippen LogP contribution in [0.2, 0.25) is 0 Å². The molecular weight excluding hydrogens is 266 g/mol. The van der Waals surface area contributed by atoms with Gasteiger partial charge >= 0.3 is 6.01 Å². The number of hydrogen-bond donors (Lipinski definition) is 4. The number of carbonyl (C=O) groups is 1. The van der Waals surface area contributed by atoms with Crippen LogP contribution in [0.25, 0.3) is 0 Å². The molecule has 0 bridgehead atoms. The monoisotopic (exact) mass is 285 g/mol. The minimum absolute atomic E-state index is 0.126. The molecule has 1 heterocycles. The van der Waals surface area contributed by atoms with E-state index in [1.807, 2.05) is 6.92 Å². The zero-order valence-electron chi connectivity index (χ0n) is 11.3. The van der Waals surface area contributed by atoms with E-state index in [0.29, 0.717) is 19.1 Å². The van der Waals surface area contributed by atoms with Crippen molar-refractivity contribution in [2.45, 2.75) is 13.3 Å². The van der Waals surface area contributed by atoms with Crippen molar-refractivity contribution in [3.8, 4) is 6.01 Å². The molecule has 0 aliphatic carbocycles. The topological polar surface area (TPSA) is 150 Å². The summed E-state index contributed by atoms with van der Waals surface area (Å²) in [6.45, 7) is 3.02. The predicted octanol–water partition coefficient (Wildman–Crippen LogP) is -1.14. The van der Waals surface area contributed by atoms with Gasteiger partial charge in [-0.3, -0.25) is 10.2 Å². The number of nitrogen functional groups attached to an aromatic ring is 1. The molecule has 0 radical (unpaired) electrons. The zero-order chi connectivity index (χ0) is 14.8. The molecule has 0 aliphatic rings. The van der Waals surface area contributed by atoms with Gasteiger partial charge in [-0.2, -0.15) is 15.0 Å². The van der Waals surface area contributed by atoms with Crippen molar-refractivity contribution in [3.05, 3.63) is 0 Å². The first-order chi connectivity index (χ1) is 9.65. The second kappa shape index (κ2) is 8.82. The fourth-order valence-electron chi connectivity index (χ4n) is 1.17. The third-order valence-corrected chi connectivity index (χ3v) is 1.95. The fourth-order valence-corrected chi connectivity index (χ4v) is 1.17. The summed E-state index contributed by atoms with van der Waals surface area (Å²) >= 11 is 0. The molecule has 0 saturated heterocycles. The second-order valence-electron chi connectivity index (χ2n) is 3.70. The molecule has 1 rings (SSSR count). The number of anilines is 2. The van der Waals surface area contributed by atoms with Crippen LogP contribution >= 0.6 is 0 Å². The van der Waals surface area contributed by atoms with Crippen LogP contribution < -0.4 is 27.1 Å². The molecule has 112 valence electrons. The lowest BCUT2D eigenvalue weighted by Gasteiger charge is -2.08.